The Hall–Kier alpha value is -1.26. The summed E-state index contributed by atoms with van der Waals surface area (Å²) in [6.45, 7) is 5.37. The smallest absolute Gasteiger partial charge is 0.165 e. The van der Waals surface area contributed by atoms with Gasteiger partial charge in [0.05, 0.1) is 12.6 Å². The molecule has 0 fully saturated rings. The molecule has 4 nitrogen and oxygen atoms in total. The third kappa shape index (κ3) is 3.39. The van der Waals surface area contributed by atoms with Crippen LogP contribution in [0.15, 0.2) is 18.2 Å². The Morgan fingerprint density at radius 3 is 2.84 bits per heavy atom. The van der Waals surface area contributed by atoms with Gasteiger partial charge in [-0.25, -0.2) is 0 Å². The molecule has 1 aliphatic heterocycles. The minimum atomic E-state index is -0.142. The lowest BCUT2D eigenvalue weighted by molar-refractivity contribution is 0.121. The van der Waals surface area contributed by atoms with E-state index in [4.69, 9.17) is 14.2 Å². The second-order valence-electron chi connectivity index (χ2n) is 5.53. The second-order valence-corrected chi connectivity index (χ2v) is 5.53. The predicted molar refractivity (Wildman–Crippen MR) is 75.1 cm³/mol. The zero-order valence-corrected chi connectivity index (χ0v) is 12.2. The van der Waals surface area contributed by atoms with Crippen LogP contribution in [-0.2, 0) is 11.2 Å². The second kappa shape index (κ2) is 5.80. The number of hydrogen-bond acceptors (Lipinski definition) is 4. The summed E-state index contributed by atoms with van der Waals surface area (Å²) in [4.78, 5) is 0. The average Bonchev–Trinajstić information content (AvgIpc) is 2.68. The summed E-state index contributed by atoms with van der Waals surface area (Å²) in [5.74, 6) is 1.71. The molecule has 0 aliphatic carbocycles. The Labute approximate surface area is 115 Å². The topological polar surface area (TPSA) is 39.7 Å². The minimum Gasteiger partial charge on any atom is -0.488 e. The summed E-state index contributed by atoms with van der Waals surface area (Å²) >= 11 is 0. The molecule has 4 heteroatoms. The molecule has 1 heterocycles. The molecular formula is C15H23NO3. The average molecular weight is 265 g/mol. The Kier molecular flexibility index (Phi) is 4.32. The van der Waals surface area contributed by atoms with Gasteiger partial charge in [-0.05, 0) is 27.0 Å². The number of hydrogen-bond donors (Lipinski definition) is 1. The number of fused-ring (bicyclic) bond motifs is 1. The molecule has 0 saturated heterocycles. The van der Waals surface area contributed by atoms with Crippen LogP contribution in [0.3, 0.4) is 0 Å². The Bertz CT molecular complexity index is 431. The van der Waals surface area contributed by atoms with Crippen molar-refractivity contribution in [1.82, 2.24) is 5.32 Å². The molecule has 1 aromatic carbocycles. The maximum atomic E-state index is 5.97. The predicted octanol–water partition coefficient (Wildman–Crippen LogP) is 2.01. The van der Waals surface area contributed by atoms with E-state index in [0.29, 0.717) is 13.2 Å². The number of benzene rings is 1. The SMILES string of the molecule is CNC(COC)COc1cccc2c1OC(C)(C)C2. The number of methoxy groups -OCH3 is 1. The highest BCUT2D eigenvalue weighted by atomic mass is 16.5. The molecule has 106 valence electrons. The molecule has 1 unspecified atom stereocenters. The molecule has 19 heavy (non-hydrogen) atoms. The Morgan fingerprint density at radius 2 is 2.16 bits per heavy atom. The maximum Gasteiger partial charge on any atom is 0.165 e. The lowest BCUT2D eigenvalue weighted by Gasteiger charge is -2.20. The largest absolute Gasteiger partial charge is 0.488 e. The van der Waals surface area contributed by atoms with Gasteiger partial charge in [0.1, 0.15) is 12.2 Å². The van der Waals surface area contributed by atoms with E-state index < -0.39 is 0 Å². The van der Waals surface area contributed by atoms with Gasteiger partial charge in [0.15, 0.2) is 11.5 Å². The maximum absolute atomic E-state index is 5.97. The van der Waals surface area contributed by atoms with Crippen LogP contribution in [0.5, 0.6) is 11.5 Å². The van der Waals surface area contributed by atoms with Crippen LogP contribution in [0.25, 0.3) is 0 Å². The molecule has 0 aromatic heterocycles. The van der Waals surface area contributed by atoms with Crippen molar-refractivity contribution < 1.29 is 14.2 Å². The molecular weight excluding hydrogens is 242 g/mol. The third-order valence-corrected chi connectivity index (χ3v) is 3.27. The Morgan fingerprint density at radius 1 is 1.37 bits per heavy atom. The molecule has 1 aromatic rings. The van der Waals surface area contributed by atoms with Gasteiger partial charge in [0.25, 0.3) is 0 Å². The lowest BCUT2D eigenvalue weighted by Crippen LogP contribution is -2.35. The number of para-hydroxylation sites is 1. The molecule has 1 N–H and O–H groups in total. The number of ether oxygens (including phenoxy) is 3. The first-order valence-electron chi connectivity index (χ1n) is 6.65. The van der Waals surface area contributed by atoms with E-state index in [2.05, 4.69) is 25.2 Å². The zero-order valence-electron chi connectivity index (χ0n) is 12.2. The van der Waals surface area contributed by atoms with Gasteiger partial charge in [0.2, 0.25) is 0 Å². The van der Waals surface area contributed by atoms with Crippen LogP contribution < -0.4 is 14.8 Å². The molecule has 0 saturated carbocycles. The Balaban J connectivity index is 2.05. The van der Waals surface area contributed by atoms with Crippen molar-refractivity contribution >= 4 is 0 Å². The lowest BCUT2D eigenvalue weighted by atomic mass is 10.0. The molecule has 0 radical (unpaired) electrons. The van der Waals surface area contributed by atoms with Crippen molar-refractivity contribution in [3.8, 4) is 11.5 Å². The molecule has 0 bridgehead atoms. The van der Waals surface area contributed by atoms with E-state index in [1.807, 2.05) is 19.2 Å². The number of likely N-dealkylation sites (N-methyl/N-ethyl adjacent to an activating group) is 1. The van der Waals surface area contributed by atoms with E-state index in [1.54, 1.807) is 7.11 Å². The summed E-state index contributed by atoms with van der Waals surface area (Å²) in [5, 5.41) is 3.17. The van der Waals surface area contributed by atoms with Crippen molar-refractivity contribution in [2.45, 2.75) is 31.9 Å². The van der Waals surface area contributed by atoms with Gasteiger partial charge in [-0.15, -0.1) is 0 Å². The van der Waals surface area contributed by atoms with Crippen LogP contribution in [-0.4, -0.2) is 39.0 Å². The first kappa shape index (κ1) is 14.2. The summed E-state index contributed by atoms with van der Waals surface area (Å²) in [7, 11) is 3.60. The first-order valence-corrected chi connectivity index (χ1v) is 6.65. The molecule has 1 atom stereocenters. The highest BCUT2D eigenvalue weighted by molar-refractivity contribution is 5.50. The molecule has 0 amide bonds. The fraction of sp³-hybridized carbons (Fsp3) is 0.600. The minimum absolute atomic E-state index is 0.142. The van der Waals surface area contributed by atoms with Gasteiger partial charge in [-0.2, -0.15) is 0 Å². The van der Waals surface area contributed by atoms with Gasteiger partial charge in [0, 0.05) is 19.1 Å². The van der Waals surface area contributed by atoms with Crippen LogP contribution in [0.2, 0.25) is 0 Å². The van der Waals surface area contributed by atoms with E-state index in [1.165, 1.54) is 5.56 Å². The highest BCUT2D eigenvalue weighted by Crippen LogP contribution is 2.41. The van der Waals surface area contributed by atoms with Crippen LogP contribution >= 0.6 is 0 Å². The number of rotatable bonds is 6. The van der Waals surface area contributed by atoms with Gasteiger partial charge >= 0.3 is 0 Å². The standard InChI is InChI=1S/C15H23NO3/c1-15(2)8-11-6-5-7-13(14(11)19-15)18-10-12(16-3)9-17-4/h5-7,12,16H,8-10H2,1-4H3. The van der Waals surface area contributed by atoms with Crippen molar-refractivity contribution in [2.24, 2.45) is 0 Å². The zero-order chi connectivity index (χ0) is 13.9. The normalized spacial score (nSPS) is 17.7. The van der Waals surface area contributed by atoms with E-state index in [-0.39, 0.29) is 11.6 Å². The van der Waals surface area contributed by atoms with Crippen molar-refractivity contribution in [3.63, 3.8) is 0 Å². The number of nitrogens with one attached hydrogen (secondary N) is 1. The quantitative estimate of drug-likeness (QED) is 0.854. The molecule has 2 rings (SSSR count). The molecule has 1 aliphatic rings. The first-order chi connectivity index (χ1) is 9.05. The summed E-state index contributed by atoms with van der Waals surface area (Å²) < 4.78 is 17.0. The summed E-state index contributed by atoms with van der Waals surface area (Å²) in [6, 6.07) is 6.25. The van der Waals surface area contributed by atoms with Crippen molar-refractivity contribution in [2.75, 3.05) is 27.4 Å². The third-order valence-electron chi connectivity index (χ3n) is 3.27. The fourth-order valence-electron chi connectivity index (χ4n) is 2.31. The van der Waals surface area contributed by atoms with E-state index in [9.17, 15) is 0 Å². The van der Waals surface area contributed by atoms with Crippen LogP contribution in [0.4, 0.5) is 0 Å². The van der Waals surface area contributed by atoms with E-state index >= 15 is 0 Å². The van der Waals surface area contributed by atoms with Gasteiger partial charge < -0.3 is 19.5 Å². The van der Waals surface area contributed by atoms with Gasteiger partial charge in [-0.1, -0.05) is 12.1 Å². The molecule has 0 spiro atoms. The highest BCUT2D eigenvalue weighted by Gasteiger charge is 2.32. The summed E-state index contributed by atoms with van der Waals surface area (Å²) in [6.07, 6.45) is 0.924. The van der Waals surface area contributed by atoms with E-state index in [0.717, 1.165) is 17.9 Å². The summed E-state index contributed by atoms with van der Waals surface area (Å²) in [5.41, 5.74) is 1.08. The van der Waals surface area contributed by atoms with Crippen LogP contribution in [0.1, 0.15) is 19.4 Å². The monoisotopic (exact) mass is 265 g/mol. The van der Waals surface area contributed by atoms with Crippen LogP contribution in [0, 0.1) is 0 Å². The van der Waals surface area contributed by atoms with Crippen molar-refractivity contribution in [3.05, 3.63) is 23.8 Å². The fourth-order valence-corrected chi connectivity index (χ4v) is 2.31. The van der Waals surface area contributed by atoms with Gasteiger partial charge in [-0.3, -0.25) is 0 Å². The van der Waals surface area contributed by atoms with Crippen molar-refractivity contribution in [1.29, 1.82) is 0 Å².